The average Bonchev–Trinajstić information content (AvgIpc) is 3.64. The van der Waals surface area contributed by atoms with E-state index in [0.717, 1.165) is 24.8 Å². The third kappa shape index (κ3) is 5.41. The van der Waals surface area contributed by atoms with Gasteiger partial charge in [0.05, 0.1) is 18.4 Å². The summed E-state index contributed by atoms with van der Waals surface area (Å²) < 4.78 is 30.6. The van der Waals surface area contributed by atoms with Crippen LogP contribution >= 0.6 is 11.3 Å². The number of thiophene rings is 1. The van der Waals surface area contributed by atoms with Gasteiger partial charge in [0.25, 0.3) is 5.91 Å². The van der Waals surface area contributed by atoms with Crippen molar-refractivity contribution in [3.8, 4) is 5.75 Å². The summed E-state index contributed by atoms with van der Waals surface area (Å²) in [6.45, 7) is 1.61. The molecular weight excluding hydrogens is 471 g/mol. The first-order valence-electron chi connectivity index (χ1n) is 11.8. The molecule has 0 spiro atoms. The molecule has 0 saturated carbocycles. The van der Waals surface area contributed by atoms with E-state index >= 15 is 0 Å². The van der Waals surface area contributed by atoms with Gasteiger partial charge in [0.2, 0.25) is 5.91 Å². The molecule has 0 aliphatic carbocycles. The van der Waals surface area contributed by atoms with Crippen LogP contribution in [0.15, 0.2) is 58.5 Å². The predicted octanol–water partition coefficient (Wildman–Crippen LogP) is 4.31. The van der Waals surface area contributed by atoms with Crippen LogP contribution in [0.3, 0.4) is 0 Å². The van der Waals surface area contributed by atoms with Crippen LogP contribution in [0.4, 0.5) is 4.39 Å². The second-order valence-corrected chi connectivity index (χ2v) is 9.72. The summed E-state index contributed by atoms with van der Waals surface area (Å²) in [6, 6.07) is 10.9. The maximum Gasteiger partial charge on any atom is 0.290 e. The van der Waals surface area contributed by atoms with E-state index in [2.05, 4.69) is 0 Å². The first-order chi connectivity index (χ1) is 17.1. The zero-order chi connectivity index (χ0) is 24.2. The van der Waals surface area contributed by atoms with E-state index in [4.69, 9.17) is 13.9 Å². The second-order valence-electron chi connectivity index (χ2n) is 8.72. The zero-order valence-corrected chi connectivity index (χ0v) is 20.0. The van der Waals surface area contributed by atoms with Gasteiger partial charge in [-0.25, -0.2) is 4.39 Å². The van der Waals surface area contributed by atoms with E-state index in [0.29, 0.717) is 25.4 Å². The molecule has 0 bridgehead atoms. The number of hydrogen-bond donors (Lipinski definition) is 0. The van der Waals surface area contributed by atoms with Crippen LogP contribution in [-0.4, -0.2) is 60.6 Å². The topological polar surface area (TPSA) is 72.2 Å². The number of ether oxygens (including phenoxy) is 2. The van der Waals surface area contributed by atoms with Gasteiger partial charge in [-0.1, -0.05) is 6.07 Å². The van der Waals surface area contributed by atoms with Crippen molar-refractivity contribution in [2.24, 2.45) is 0 Å². The van der Waals surface area contributed by atoms with Gasteiger partial charge >= 0.3 is 0 Å². The highest BCUT2D eigenvalue weighted by Crippen LogP contribution is 2.34. The van der Waals surface area contributed by atoms with Crippen LogP contribution in [0.2, 0.25) is 0 Å². The molecule has 0 N–H and O–H groups in total. The summed E-state index contributed by atoms with van der Waals surface area (Å²) in [5.41, 5.74) is 1.04. The highest BCUT2D eigenvalue weighted by molar-refractivity contribution is 7.10. The van der Waals surface area contributed by atoms with Crippen LogP contribution in [0.25, 0.3) is 0 Å². The van der Waals surface area contributed by atoms with Crippen LogP contribution in [0.1, 0.15) is 39.9 Å². The lowest BCUT2D eigenvalue weighted by molar-refractivity contribution is -0.135. The Labute approximate surface area is 207 Å². The van der Waals surface area contributed by atoms with Crippen molar-refractivity contribution >= 4 is 23.2 Å². The Morgan fingerprint density at radius 3 is 2.91 bits per heavy atom. The van der Waals surface area contributed by atoms with Gasteiger partial charge in [0.1, 0.15) is 24.7 Å². The summed E-state index contributed by atoms with van der Waals surface area (Å²) in [5, 5.41) is 2.01. The molecule has 2 atom stereocenters. The quantitative estimate of drug-likeness (QED) is 0.463. The smallest absolute Gasteiger partial charge is 0.290 e. The molecular formula is C26H27FN2O5S. The average molecular weight is 499 g/mol. The molecule has 5 rings (SSSR count). The molecule has 2 aliphatic rings. The van der Waals surface area contributed by atoms with Crippen molar-refractivity contribution in [2.45, 2.75) is 31.4 Å². The molecule has 35 heavy (non-hydrogen) atoms. The third-order valence-electron chi connectivity index (χ3n) is 6.41. The lowest BCUT2D eigenvalue weighted by atomic mass is 10.0. The number of amides is 2. The largest absolute Gasteiger partial charge is 0.491 e. The normalized spacial score (nSPS) is 19.4. The number of furan rings is 1. The van der Waals surface area contributed by atoms with Crippen LogP contribution < -0.4 is 4.74 Å². The first-order valence-corrected chi connectivity index (χ1v) is 12.6. The van der Waals surface area contributed by atoms with Gasteiger partial charge in [-0.15, -0.1) is 11.3 Å². The molecule has 7 nitrogen and oxygen atoms in total. The summed E-state index contributed by atoms with van der Waals surface area (Å²) in [4.78, 5) is 31.3. The molecule has 2 aromatic heterocycles. The summed E-state index contributed by atoms with van der Waals surface area (Å²) in [6.07, 6.45) is 3.88. The number of carbonyl (C=O) groups is 2. The zero-order valence-electron chi connectivity index (χ0n) is 19.2. The highest BCUT2D eigenvalue weighted by Gasteiger charge is 2.35. The van der Waals surface area contributed by atoms with Gasteiger partial charge in [-0.3, -0.25) is 9.59 Å². The standard InChI is InChI=1S/C26H27FN2O5S/c27-18-4-1-5-19(14-18)34-17-22-21-9-13-35-24(21)8-10-29(22)25(30)16-28(15-20-6-2-11-32-20)26(31)23-7-3-12-33-23/h1,3-5,7,9,12-14,20,22H,2,6,8,10-11,15-17H2/t20-,22-/m0/s1. The maximum absolute atomic E-state index is 13.6. The number of nitrogens with zero attached hydrogens (tertiary/aromatic N) is 2. The first kappa shape index (κ1) is 23.6. The van der Waals surface area contributed by atoms with Crippen molar-refractivity contribution < 1.29 is 27.9 Å². The Morgan fingerprint density at radius 2 is 2.14 bits per heavy atom. The van der Waals surface area contributed by atoms with Gasteiger partial charge in [0.15, 0.2) is 5.76 Å². The van der Waals surface area contributed by atoms with E-state index in [1.807, 2.05) is 11.4 Å². The summed E-state index contributed by atoms with van der Waals surface area (Å²) in [5.74, 6) is -0.281. The Morgan fingerprint density at radius 1 is 1.23 bits per heavy atom. The number of fused-ring (bicyclic) bond motifs is 1. The minimum Gasteiger partial charge on any atom is -0.491 e. The number of hydrogen-bond acceptors (Lipinski definition) is 6. The maximum atomic E-state index is 13.6. The van der Waals surface area contributed by atoms with E-state index in [-0.39, 0.29) is 48.7 Å². The molecule has 0 radical (unpaired) electrons. The second kappa shape index (κ2) is 10.6. The molecule has 4 heterocycles. The fraction of sp³-hybridized carbons (Fsp3) is 0.385. The number of carbonyl (C=O) groups excluding carboxylic acids is 2. The van der Waals surface area contributed by atoms with Gasteiger partial charge < -0.3 is 23.7 Å². The minimum atomic E-state index is -0.378. The van der Waals surface area contributed by atoms with E-state index in [9.17, 15) is 14.0 Å². The Bertz CT molecular complexity index is 1160. The number of halogens is 1. The van der Waals surface area contributed by atoms with Crippen molar-refractivity contribution in [1.82, 2.24) is 9.80 Å². The SMILES string of the molecule is O=C(c1ccco1)N(CC(=O)N1CCc2sccc2[C@@H]1COc1cccc(F)c1)C[C@@H]1CCCO1. The Kier molecular flexibility index (Phi) is 7.15. The molecule has 3 aromatic rings. The Balaban J connectivity index is 1.34. The monoisotopic (exact) mass is 498 g/mol. The number of benzene rings is 1. The van der Waals surface area contributed by atoms with E-state index < -0.39 is 0 Å². The Hall–Kier alpha value is -3.17. The van der Waals surface area contributed by atoms with E-state index in [1.165, 1.54) is 28.2 Å². The van der Waals surface area contributed by atoms with Crippen molar-refractivity contribution in [2.75, 3.05) is 32.8 Å². The van der Waals surface area contributed by atoms with Gasteiger partial charge in [0, 0.05) is 30.6 Å². The minimum absolute atomic E-state index is 0.0880. The molecule has 0 unspecified atom stereocenters. The van der Waals surface area contributed by atoms with Crippen molar-refractivity contribution in [3.63, 3.8) is 0 Å². The predicted molar refractivity (Wildman–Crippen MR) is 128 cm³/mol. The third-order valence-corrected chi connectivity index (χ3v) is 7.41. The molecule has 1 saturated heterocycles. The van der Waals surface area contributed by atoms with Crippen molar-refractivity contribution in [1.29, 1.82) is 0 Å². The molecule has 2 aliphatic heterocycles. The van der Waals surface area contributed by atoms with Crippen molar-refractivity contribution in [3.05, 3.63) is 76.1 Å². The fourth-order valence-electron chi connectivity index (χ4n) is 4.67. The van der Waals surface area contributed by atoms with Crippen LogP contribution in [0, 0.1) is 5.82 Å². The van der Waals surface area contributed by atoms with Crippen LogP contribution in [-0.2, 0) is 16.0 Å². The molecule has 1 aromatic carbocycles. The number of rotatable bonds is 8. The molecule has 9 heteroatoms. The summed E-state index contributed by atoms with van der Waals surface area (Å²) >= 11 is 1.66. The molecule has 184 valence electrons. The van der Waals surface area contributed by atoms with Crippen LogP contribution in [0.5, 0.6) is 5.75 Å². The van der Waals surface area contributed by atoms with Gasteiger partial charge in [-0.2, -0.15) is 0 Å². The highest BCUT2D eigenvalue weighted by atomic mass is 32.1. The molecule has 2 amide bonds. The fourth-order valence-corrected chi connectivity index (χ4v) is 5.60. The molecule has 1 fully saturated rings. The summed E-state index contributed by atoms with van der Waals surface area (Å²) in [7, 11) is 0. The lowest BCUT2D eigenvalue weighted by Crippen LogP contribution is -2.49. The lowest BCUT2D eigenvalue weighted by Gasteiger charge is -2.37. The van der Waals surface area contributed by atoms with Gasteiger partial charge in [-0.05, 0) is 60.5 Å². The van der Waals surface area contributed by atoms with E-state index in [1.54, 1.807) is 40.5 Å².